The molecule has 26 heavy (non-hydrogen) atoms. The molecule has 142 valence electrons. The molecule has 0 aliphatic carbocycles. The molecule has 0 saturated carbocycles. The van der Waals surface area contributed by atoms with E-state index < -0.39 is 6.36 Å². The van der Waals surface area contributed by atoms with Crippen LogP contribution >= 0.6 is 0 Å². The van der Waals surface area contributed by atoms with Gasteiger partial charge < -0.3 is 19.5 Å². The monoisotopic (exact) mass is 369 g/mol. The van der Waals surface area contributed by atoms with Gasteiger partial charge >= 0.3 is 6.36 Å². The second-order valence-electron chi connectivity index (χ2n) is 5.64. The van der Waals surface area contributed by atoms with Crippen LogP contribution in [-0.4, -0.2) is 26.7 Å². The van der Waals surface area contributed by atoms with Crippen LogP contribution in [0.4, 0.5) is 13.2 Å². The van der Waals surface area contributed by atoms with Gasteiger partial charge in [0.15, 0.2) is 0 Å². The minimum atomic E-state index is -4.68. The molecule has 0 spiro atoms. The van der Waals surface area contributed by atoms with E-state index in [4.69, 9.17) is 9.47 Å². The molecule has 0 saturated heterocycles. The Morgan fingerprint density at radius 2 is 1.50 bits per heavy atom. The molecule has 0 aliphatic rings. The van der Waals surface area contributed by atoms with Gasteiger partial charge in [0.25, 0.3) is 0 Å². The molecule has 0 amide bonds. The van der Waals surface area contributed by atoms with Gasteiger partial charge in [0.1, 0.15) is 11.5 Å². The van der Waals surface area contributed by atoms with Crippen LogP contribution in [0.1, 0.15) is 17.5 Å². The maximum Gasteiger partial charge on any atom is 0.573 e. The van der Waals surface area contributed by atoms with E-state index in [1.807, 2.05) is 24.3 Å². The third-order valence-corrected chi connectivity index (χ3v) is 3.45. The van der Waals surface area contributed by atoms with Gasteiger partial charge in [0, 0.05) is 33.2 Å². The number of rotatable bonds is 10. The minimum Gasteiger partial charge on any atom is -0.493 e. The molecular formula is C19H22F3NO3. The molecule has 0 unspecified atom stereocenters. The van der Waals surface area contributed by atoms with Gasteiger partial charge in [-0.1, -0.05) is 24.3 Å². The molecule has 0 aliphatic heterocycles. The topological polar surface area (TPSA) is 39.7 Å². The predicted molar refractivity (Wildman–Crippen MR) is 92.1 cm³/mol. The highest BCUT2D eigenvalue weighted by molar-refractivity contribution is 5.30. The summed E-state index contributed by atoms with van der Waals surface area (Å²) in [6.07, 6.45) is -3.87. The number of ether oxygens (including phenoxy) is 3. The first-order valence-electron chi connectivity index (χ1n) is 8.22. The van der Waals surface area contributed by atoms with Crippen molar-refractivity contribution in [3.05, 3.63) is 59.7 Å². The summed E-state index contributed by atoms with van der Waals surface area (Å²) in [7, 11) is 1.65. The van der Waals surface area contributed by atoms with Crippen molar-refractivity contribution in [1.82, 2.24) is 5.32 Å². The summed E-state index contributed by atoms with van der Waals surface area (Å²) in [4.78, 5) is 0. The predicted octanol–water partition coefficient (Wildman–Crippen LogP) is 4.29. The maximum absolute atomic E-state index is 12.3. The summed E-state index contributed by atoms with van der Waals surface area (Å²) < 4.78 is 51.3. The largest absolute Gasteiger partial charge is 0.573 e. The second-order valence-corrected chi connectivity index (χ2v) is 5.64. The van der Waals surface area contributed by atoms with E-state index in [1.54, 1.807) is 13.2 Å². The van der Waals surface area contributed by atoms with Gasteiger partial charge in [0.05, 0.1) is 6.61 Å². The van der Waals surface area contributed by atoms with Crippen LogP contribution < -0.4 is 14.8 Å². The van der Waals surface area contributed by atoms with Crippen LogP contribution in [0, 0.1) is 0 Å². The van der Waals surface area contributed by atoms with E-state index in [0.717, 1.165) is 17.7 Å². The van der Waals surface area contributed by atoms with Crippen molar-refractivity contribution in [2.45, 2.75) is 25.9 Å². The molecule has 0 fully saturated rings. The van der Waals surface area contributed by atoms with Crippen molar-refractivity contribution >= 4 is 0 Å². The fourth-order valence-electron chi connectivity index (χ4n) is 2.34. The van der Waals surface area contributed by atoms with Gasteiger partial charge in [-0.15, -0.1) is 13.2 Å². The summed E-state index contributed by atoms with van der Waals surface area (Å²) in [6, 6.07) is 13.6. The first-order valence-corrected chi connectivity index (χ1v) is 8.22. The third-order valence-electron chi connectivity index (χ3n) is 3.45. The Hall–Kier alpha value is -2.25. The molecule has 0 atom stereocenters. The van der Waals surface area contributed by atoms with Crippen molar-refractivity contribution < 1.29 is 27.4 Å². The normalized spacial score (nSPS) is 11.4. The van der Waals surface area contributed by atoms with Gasteiger partial charge in [-0.25, -0.2) is 0 Å². The Kier molecular flexibility index (Phi) is 7.74. The molecule has 7 heteroatoms. The van der Waals surface area contributed by atoms with E-state index in [9.17, 15) is 13.2 Å². The van der Waals surface area contributed by atoms with Crippen LogP contribution in [0.15, 0.2) is 48.5 Å². The summed E-state index contributed by atoms with van der Waals surface area (Å²) in [6.45, 7) is 2.22. The number of nitrogens with one attached hydrogen (secondary N) is 1. The molecule has 2 rings (SSSR count). The number of hydrogen-bond donors (Lipinski definition) is 1. The smallest absolute Gasteiger partial charge is 0.493 e. The molecule has 0 heterocycles. The quantitative estimate of drug-likeness (QED) is 0.634. The molecule has 4 nitrogen and oxygen atoms in total. The van der Waals surface area contributed by atoms with Crippen molar-refractivity contribution in [2.75, 3.05) is 20.3 Å². The Morgan fingerprint density at radius 1 is 0.885 bits per heavy atom. The van der Waals surface area contributed by atoms with Gasteiger partial charge in [-0.3, -0.25) is 0 Å². The molecular weight excluding hydrogens is 347 g/mol. The Bertz CT molecular complexity index is 677. The zero-order chi connectivity index (χ0) is 18.8. The average Bonchev–Trinajstić information content (AvgIpc) is 2.58. The van der Waals surface area contributed by atoms with E-state index in [1.165, 1.54) is 18.2 Å². The zero-order valence-electron chi connectivity index (χ0n) is 14.5. The molecule has 0 aromatic heterocycles. The van der Waals surface area contributed by atoms with Crippen molar-refractivity contribution in [3.63, 3.8) is 0 Å². The van der Waals surface area contributed by atoms with E-state index in [2.05, 4.69) is 10.1 Å². The van der Waals surface area contributed by atoms with Crippen LogP contribution in [-0.2, 0) is 17.8 Å². The standard InChI is InChI=1S/C19H22F3NO3/c1-24-9-4-10-25-17-7-2-5-15(11-17)13-23-14-16-6-3-8-18(12-16)26-19(20,21)22/h2-3,5-8,11-12,23H,4,9-10,13-14H2,1H3. The van der Waals surface area contributed by atoms with Gasteiger partial charge in [-0.05, 0) is 35.4 Å². The van der Waals surface area contributed by atoms with E-state index in [0.29, 0.717) is 31.9 Å². The fraction of sp³-hybridized carbons (Fsp3) is 0.368. The van der Waals surface area contributed by atoms with Crippen LogP contribution in [0.2, 0.25) is 0 Å². The number of alkyl halides is 3. The number of benzene rings is 2. The minimum absolute atomic E-state index is 0.219. The average molecular weight is 369 g/mol. The lowest BCUT2D eigenvalue weighted by molar-refractivity contribution is -0.274. The summed E-state index contributed by atoms with van der Waals surface area (Å²) in [5, 5.41) is 3.20. The molecule has 1 N–H and O–H groups in total. The molecule has 2 aromatic rings. The number of hydrogen-bond acceptors (Lipinski definition) is 4. The SMILES string of the molecule is COCCCOc1cccc(CNCc2cccc(OC(F)(F)F)c2)c1. The number of halogens is 3. The fourth-order valence-corrected chi connectivity index (χ4v) is 2.34. The first kappa shape index (κ1) is 20.1. The maximum atomic E-state index is 12.3. The third kappa shape index (κ3) is 7.76. The lowest BCUT2D eigenvalue weighted by atomic mass is 10.2. The van der Waals surface area contributed by atoms with Crippen molar-refractivity contribution in [3.8, 4) is 11.5 Å². The highest BCUT2D eigenvalue weighted by Crippen LogP contribution is 2.23. The molecule has 0 bridgehead atoms. The van der Waals surface area contributed by atoms with Crippen molar-refractivity contribution in [1.29, 1.82) is 0 Å². The molecule has 0 radical (unpaired) electrons. The highest BCUT2D eigenvalue weighted by atomic mass is 19.4. The molecule has 2 aromatic carbocycles. The Labute approximate surface area is 150 Å². The van der Waals surface area contributed by atoms with Crippen molar-refractivity contribution in [2.24, 2.45) is 0 Å². The second kappa shape index (κ2) is 10.0. The zero-order valence-corrected chi connectivity index (χ0v) is 14.5. The summed E-state index contributed by atoms with van der Waals surface area (Å²) >= 11 is 0. The van der Waals surface area contributed by atoms with E-state index >= 15 is 0 Å². The van der Waals surface area contributed by atoms with Crippen LogP contribution in [0.3, 0.4) is 0 Å². The Morgan fingerprint density at radius 3 is 2.12 bits per heavy atom. The van der Waals surface area contributed by atoms with Gasteiger partial charge in [-0.2, -0.15) is 0 Å². The number of methoxy groups -OCH3 is 1. The first-order chi connectivity index (χ1) is 12.5. The lowest BCUT2D eigenvalue weighted by Gasteiger charge is -2.11. The summed E-state index contributed by atoms with van der Waals surface area (Å²) in [5.74, 6) is 0.559. The lowest BCUT2D eigenvalue weighted by Crippen LogP contribution is -2.17. The Balaban J connectivity index is 1.81. The summed E-state index contributed by atoms with van der Waals surface area (Å²) in [5.41, 5.74) is 1.73. The van der Waals surface area contributed by atoms with Crippen LogP contribution in [0.25, 0.3) is 0 Å². The van der Waals surface area contributed by atoms with Crippen LogP contribution in [0.5, 0.6) is 11.5 Å². The van der Waals surface area contributed by atoms with E-state index in [-0.39, 0.29) is 5.75 Å². The highest BCUT2D eigenvalue weighted by Gasteiger charge is 2.31. The van der Waals surface area contributed by atoms with Gasteiger partial charge in [0.2, 0.25) is 0 Å².